The lowest BCUT2D eigenvalue weighted by molar-refractivity contribution is 1.29. The lowest BCUT2D eigenvalue weighted by Crippen LogP contribution is -1.94. The molecule has 2 nitrogen and oxygen atoms in total. The molecule has 0 aliphatic rings. The third-order valence-corrected chi connectivity index (χ3v) is 5.43. The summed E-state index contributed by atoms with van der Waals surface area (Å²) in [5, 5.41) is 4.82. The zero-order chi connectivity index (χ0) is 17.1. The molecule has 5 rings (SSSR count). The Hall–Kier alpha value is -3.00. The van der Waals surface area contributed by atoms with Crippen LogP contribution in [0.3, 0.4) is 0 Å². The van der Waals surface area contributed by atoms with Gasteiger partial charge in [-0.15, -0.1) is 0 Å². The maximum Gasteiger partial charge on any atom is 0.0975 e. The molecule has 0 fully saturated rings. The van der Waals surface area contributed by atoms with E-state index in [2.05, 4.69) is 75.4 Å². The number of aromatic nitrogens is 2. The summed E-state index contributed by atoms with van der Waals surface area (Å²) in [4.78, 5) is 10.0. The molecule has 1 aromatic heterocycles. The van der Waals surface area contributed by atoms with E-state index in [0.29, 0.717) is 0 Å². The van der Waals surface area contributed by atoms with E-state index >= 15 is 0 Å². The second kappa shape index (κ2) is 5.00. The van der Waals surface area contributed by atoms with Crippen LogP contribution in [0.25, 0.3) is 43.6 Å². The van der Waals surface area contributed by atoms with Crippen molar-refractivity contribution in [2.45, 2.75) is 20.8 Å². The molecule has 0 bridgehead atoms. The predicted molar refractivity (Wildman–Crippen MR) is 106 cm³/mol. The summed E-state index contributed by atoms with van der Waals surface area (Å²) in [6.07, 6.45) is 0. The zero-order valence-corrected chi connectivity index (χ0v) is 14.6. The number of hydrogen-bond donors (Lipinski definition) is 0. The maximum atomic E-state index is 5.10. The van der Waals surface area contributed by atoms with Crippen molar-refractivity contribution in [1.82, 2.24) is 9.97 Å². The van der Waals surface area contributed by atoms with Gasteiger partial charge in [0.05, 0.1) is 22.1 Å². The van der Waals surface area contributed by atoms with Gasteiger partial charge in [0, 0.05) is 10.8 Å². The van der Waals surface area contributed by atoms with Gasteiger partial charge in [-0.3, -0.25) is 0 Å². The van der Waals surface area contributed by atoms with E-state index in [1.807, 2.05) is 0 Å². The van der Waals surface area contributed by atoms with E-state index in [1.54, 1.807) is 0 Å². The summed E-state index contributed by atoms with van der Waals surface area (Å²) < 4.78 is 0. The maximum absolute atomic E-state index is 5.10. The molecule has 2 heteroatoms. The first kappa shape index (κ1) is 14.4. The quantitative estimate of drug-likeness (QED) is 0.257. The van der Waals surface area contributed by atoms with E-state index in [9.17, 15) is 0 Å². The standard InChI is InChI=1S/C23H18N2/c1-13-12-17-9-11-20-23(21(17)15(3)14(13)2)25-22-18-7-5-4-6-16(18)8-10-19(22)24-20/h4-12H,1-3H3. The monoisotopic (exact) mass is 322 g/mol. The summed E-state index contributed by atoms with van der Waals surface area (Å²) in [5.41, 5.74) is 7.85. The topological polar surface area (TPSA) is 25.8 Å². The smallest absolute Gasteiger partial charge is 0.0975 e. The van der Waals surface area contributed by atoms with Crippen LogP contribution in [0.2, 0.25) is 0 Å². The van der Waals surface area contributed by atoms with Gasteiger partial charge in [0.1, 0.15) is 0 Å². The van der Waals surface area contributed by atoms with Gasteiger partial charge in [0.15, 0.2) is 0 Å². The van der Waals surface area contributed by atoms with Crippen molar-refractivity contribution in [2.24, 2.45) is 0 Å². The summed E-state index contributed by atoms with van der Waals surface area (Å²) in [6, 6.07) is 19.1. The highest BCUT2D eigenvalue weighted by Crippen LogP contribution is 2.32. The molecule has 0 unspecified atom stereocenters. The van der Waals surface area contributed by atoms with E-state index in [-0.39, 0.29) is 0 Å². The highest BCUT2D eigenvalue weighted by molar-refractivity contribution is 6.11. The fourth-order valence-electron chi connectivity index (χ4n) is 3.83. The normalized spacial score (nSPS) is 11.8. The average Bonchev–Trinajstić information content (AvgIpc) is 2.64. The highest BCUT2D eigenvalue weighted by Gasteiger charge is 2.12. The molecule has 0 aliphatic carbocycles. The molecule has 0 saturated carbocycles. The molecular formula is C23H18N2. The first-order valence-electron chi connectivity index (χ1n) is 8.62. The Labute approximate surface area is 146 Å². The van der Waals surface area contributed by atoms with Crippen LogP contribution in [0.1, 0.15) is 16.7 Å². The fourth-order valence-corrected chi connectivity index (χ4v) is 3.83. The Morgan fingerprint density at radius 1 is 0.640 bits per heavy atom. The van der Waals surface area contributed by atoms with E-state index < -0.39 is 0 Å². The lowest BCUT2D eigenvalue weighted by Gasteiger charge is -2.12. The second-order valence-electron chi connectivity index (χ2n) is 6.85. The van der Waals surface area contributed by atoms with Gasteiger partial charge in [-0.25, -0.2) is 9.97 Å². The van der Waals surface area contributed by atoms with Crippen molar-refractivity contribution >= 4 is 43.6 Å². The minimum absolute atomic E-state index is 0.951. The molecule has 0 saturated heterocycles. The Kier molecular flexibility index (Phi) is 2.87. The molecule has 1 heterocycles. The molecule has 0 aliphatic heterocycles. The van der Waals surface area contributed by atoms with Crippen LogP contribution in [0.15, 0.2) is 54.6 Å². The predicted octanol–water partition coefficient (Wildman–Crippen LogP) is 6.01. The number of benzene rings is 4. The summed E-state index contributed by atoms with van der Waals surface area (Å²) in [6.45, 7) is 6.55. The molecule has 25 heavy (non-hydrogen) atoms. The minimum atomic E-state index is 0.951. The second-order valence-corrected chi connectivity index (χ2v) is 6.85. The fraction of sp³-hybridized carbons (Fsp3) is 0.130. The van der Waals surface area contributed by atoms with Gasteiger partial charge >= 0.3 is 0 Å². The van der Waals surface area contributed by atoms with Crippen LogP contribution in [-0.4, -0.2) is 9.97 Å². The number of aryl methyl sites for hydroxylation is 2. The van der Waals surface area contributed by atoms with Crippen molar-refractivity contribution in [3.8, 4) is 0 Å². The van der Waals surface area contributed by atoms with Crippen molar-refractivity contribution < 1.29 is 0 Å². The van der Waals surface area contributed by atoms with Gasteiger partial charge in [-0.2, -0.15) is 0 Å². The number of rotatable bonds is 0. The van der Waals surface area contributed by atoms with Crippen molar-refractivity contribution in [1.29, 1.82) is 0 Å². The van der Waals surface area contributed by atoms with Gasteiger partial charge in [-0.05, 0) is 60.4 Å². The number of fused-ring (bicyclic) bond motifs is 6. The van der Waals surface area contributed by atoms with Crippen LogP contribution >= 0.6 is 0 Å². The molecule has 4 aromatic carbocycles. The van der Waals surface area contributed by atoms with E-state index in [0.717, 1.165) is 27.5 Å². The van der Waals surface area contributed by atoms with Crippen molar-refractivity contribution in [2.75, 3.05) is 0 Å². The van der Waals surface area contributed by atoms with Crippen LogP contribution < -0.4 is 0 Å². The third kappa shape index (κ3) is 1.97. The molecule has 0 N–H and O–H groups in total. The summed E-state index contributed by atoms with van der Waals surface area (Å²) in [7, 11) is 0. The van der Waals surface area contributed by atoms with Gasteiger partial charge in [0.2, 0.25) is 0 Å². The Morgan fingerprint density at radius 2 is 1.36 bits per heavy atom. The summed E-state index contributed by atoms with van der Waals surface area (Å²) >= 11 is 0. The third-order valence-electron chi connectivity index (χ3n) is 5.43. The highest BCUT2D eigenvalue weighted by atomic mass is 14.8. The van der Waals surface area contributed by atoms with Crippen molar-refractivity contribution in [3.63, 3.8) is 0 Å². The molecule has 120 valence electrons. The van der Waals surface area contributed by atoms with Gasteiger partial charge in [0.25, 0.3) is 0 Å². The molecule has 0 atom stereocenters. The Morgan fingerprint density at radius 3 is 2.20 bits per heavy atom. The van der Waals surface area contributed by atoms with Crippen LogP contribution in [0.5, 0.6) is 0 Å². The van der Waals surface area contributed by atoms with Gasteiger partial charge < -0.3 is 0 Å². The van der Waals surface area contributed by atoms with Crippen LogP contribution in [0, 0.1) is 20.8 Å². The Bertz CT molecular complexity index is 1320. The molecule has 0 amide bonds. The number of nitrogens with zero attached hydrogens (tertiary/aromatic N) is 2. The first-order valence-corrected chi connectivity index (χ1v) is 8.62. The average molecular weight is 322 g/mol. The van der Waals surface area contributed by atoms with Crippen LogP contribution in [-0.2, 0) is 0 Å². The minimum Gasteiger partial charge on any atom is -0.244 e. The van der Waals surface area contributed by atoms with E-state index in [1.165, 1.54) is 32.8 Å². The lowest BCUT2D eigenvalue weighted by atomic mass is 9.95. The molecular weight excluding hydrogens is 304 g/mol. The molecule has 0 spiro atoms. The zero-order valence-electron chi connectivity index (χ0n) is 14.6. The number of hydrogen-bond acceptors (Lipinski definition) is 2. The van der Waals surface area contributed by atoms with E-state index in [4.69, 9.17) is 9.97 Å². The SMILES string of the molecule is Cc1cc2ccc3nc4ccc5ccccc5c4nc3c2c(C)c1C. The first-order chi connectivity index (χ1) is 12.1. The molecule has 0 radical (unpaired) electrons. The Balaban J connectivity index is 2.04. The summed E-state index contributed by atoms with van der Waals surface area (Å²) in [5.74, 6) is 0. The van der Waals surface area contributed by atoms with Crippen molar-refractivity contribution in [3.05, 3.63) is 71.3 Å². The molecule has 5 aromatic rings. The van der Waals surface area contributed by atoms with Crippen LogP contribution in [0.4, 0.5) is 0 Å². The largest absolute Gasteiger partial charge is 0.244 e. The van der Waals surface area contributed by atoms with Gasteiger partial charge in [-0.1, -0.05) is 42.5 Å².